The van der Waals surface area contributed by atoms with Crippen LogP contribution >= 0.6 is 0 Å². The van der Waals surface area contributed by atoms with Crippen LogP contribution in [0.2, 0.25) is 19.6 Å². The Bertz CT molecular complexity index is 268. The van der Waals surface area contributed by atoms with Crippen molar-refractivity contribution in [2.45, 2.75) is 58.0 Å². The van der Waals surface area contributed by atoms with Gasteiger partial charge in [-0.1, -0.05) is 45.8 Å². The van der Waals surface area contributed by atoms with Gasteiger partial charge in [0.2, 0.25) is 0 Å². The fourth-order valence-corrected chi connectivity index (χ4v) is 4.33. The minimum absolute atomic E-state index is 0.320. The van der Waals surface area contributed by atoms with Crippen molar-refractivity contribution in [1.82, 2.24) is 0 Å². The molecule has 92 valence electrons. The third kappa shape index (κ3) is 7.95. The van der Waals surface area contributed by atoms with Crippen LogP contribution in [0.1, 0.15) is 32.6 Å². The lowest BCUT2D eigenvalue weighted by atomic mass is 10.2. The molecule has 6 heteroatoms. The quantitative estimate of drug-likeness (QED) is 0.431. The summed E-state index contributed by atoms with van der Waals surface area (Å²) in [4.78, 5) is 0. The van der Waals surface area contributed by atoms with Gasteiger partial charge < -0.3 is 0 Å². The molecule has 0 amide bonds. The summed E-state index contributed by atoms with van der Waals surface area (Å²) in [5.74, 6) is 0. The molecule has 0 aliphatic carbocycles. The summed E-state index contributed by atoms with van der Waals surface area (Å²) in [6, 6.07) is 0. The van der Waals surface area contributed by atoms with Crippen molar-refractivity contribution in [3.8, 4) is 0 Å². The molecule has 1 atom stereocenters. The minimum atomic E-state index is -4.31. The Balaban J connectivity index is 4.34. The van der Waals surface area contributed by atoms with Crippen molar-refractivity contribution >= 4 is 18.5 Å². The summed E-state index contributed by atoms with van der Waals surface area (Å²) < 4.78 is 34.8. The van der Waals surface area contributed by atoms with Crippen molar-refractivity contribution in [2.75, 3.05) is 0 Å². The average Bonchev–Trinajstić information content (AvgIpc) is 1.99. The fraction of sp³-hybridized carbons (Fsp3) is 1.00. The highest BCUT2D eigenvalue weighted by atomic mass is 32.3. The van der Waals surface area contributed by atoms with Crippen molar-refractivity contribution < 1.29 is 17.2 Å². The maximum atomic E-state index is 10.7. The van der Waals surface area contributed by atoms with E-state index in [1.807, 2.05) is 19.6 Å². The molecule has 0 aliphatic rings. The Morgan fingerprint density at radius 1 is 1.27 bits per heavy atom. The minimum Gasteiger partial charge on any atom is -0.264 e. The van der Waals surface area contributed by atoms with Gasteiger partial charge in [-0.2, -0.15) is 8.42 Å². The Labute approximate surface area is 94.0 Å². The van der Waals surface area contributed by atoms with Gasteiger partial charge in [0.1, 0.15) is 0 Å². The predicted molar refractivity (Wildman–Crippen MR) is 63.9 cm³/mol. The highest BCUT2D eigenvalue weighted by Gasteiger charge is 2.30. The van der Waals surface area contributed by atoms with Crippen LogP contribution in [-0.2, 0) is 14.6 Å². The molecule has 15 heavy (non-hydrogen) atoms. The summed E-state index contributed by atoms with van der Waals surface area (Å²) in [6.07, 6.45) is 3.81. The molecule has 0 fully saturated rings. The first kappa shape index (κ1) is 15.1. The summed E-state index contributed by atoms with van der Waals surface area (Å²) in [6.45, 7) is 8.20. The lowest BCUT2D eigenvalue weighted by molar-refractivity contribution is 0.223. The van der Waals surface area contributed by atoms with Crippen molar-refractivity contribution in [3.05, 3.63) is 0 Å². The van der Waals surface area contributed by atoms with Gasteiger partial charge in [-0.15, -0.1) is 0 Å². The van der Waals surface area contributed by atoms with Crippen molar-refractivity contribution in [1.29, 1.82) is 0 Å². The van der Waals surface area contributed by atoms with E-state index >= 15 is 0 Å². The number of hydrogen-bond acceptors (Lipinski definition) is 3. The SMILES string of the molecule is CCCCCC(OS(=O)(=O)O)[Si](C)(C)C. The number of unbranched alkanes of at least 4 members (excludes halogenated alkanes) is 2. The van der Waals surface area contributed by atoms with Gasteiger partial charge in [0.25, 0.3) is 0 Å². The van der Waals surface area contributed by atoms with Gasteiger partial charge in [0.15, 0.2) is 0 Å². The smallest absolute Gasteiger partial charge is 0.264 e. The second kappa shape index (κ2) is 5.98. The molecule has 0 spiro atoms. The van der Waals surface area contributed by atoms with E-state index < -0.39 is 18.5 Å². The molecule has 0 saturated carbocycles. The van der Waals surface area contributed by atoms with Gasteiger partial charge in [-0.3, -0.25) is 4.55 Å². The maximum Gasteiger partial charge on any atom is 0.397 e. The molecular weight excluding hydrogens is 232 g/mol. The van der Waals surface area contributed by atoms with E-state index in [0.29, 0.717) is 6.42 Å². The molecule has 0 bridgehead atoms. The van der Waals surface area contributed by atoms with E-state index in [1.54, 1.807) is 0 Å². The van der Waals surface area contributed by atoms with Crippen LogP contribution in [0.15, 0.2) is 0 Å². The molecule has 0 aliphatic heterocycles. The van der Waals surface area contributed by atoms with E-state index in [4.69, 9.17) is 8.74 Å². The van der Waals surface area contributed by atoms with E-state index in [2.05, 4.69) is 6.92 Å². The molecule has 0 aromatic heterocycles. The molecule has 1 unspecified atom stereocenters. The largest absolute Gasteiger partial charge is 0.397 e. The van der Waals surface area contributed by atoms with E-state index in [1.165, 1.54) is 0 Å². The van der Waals surface area contributed by atoms with E-state index in [9.17, 15) is 8.42 Å². The molecule has 0 saturated heterocycles. The Hall–Kier alpha value is 0.0869. The van der Waals surface area contributed by atoms with Crippen LogP contribution in [0.5, 0.6) is 0 Å². The number of hydrogen-bond donors (Lipinski definition) is 1. The number of rotatable bonds is 7. The van der Waals surface area contributed by atoms with E-state index in [0.717, 1.165) is 19.3 Å². The first-order chi connectivity index (χ1) is 6.67. The monoisotopic (exact) mass is 254 g/mol. The Morgan fingerprint density at radius 2 is 1.80 bits per heavy atom. The summed E-state index contributed by atoms with van der Waals surface area (Å²) in [5, 5.41) is 0. The van der Waals surface area contributed by atoms with Gasteiger partial charge in [0, 0.05) is 0 Å². The third-order valence-corrected chi connectivity index (χ3v) is 5.26. The van der Waals surface area contributed by atoms with Crippen LogP contribution in [0.25, 0.3) is 0 Å². The van der Waals surface area contributed by atoms with Gasteiger partial charge >= 0.3 is 10.4 Å². The molecule has 0 rings (SSSR count). The first-order valence-electron chi connectivity index (χ1n) is 5.32. The fourth-order valence-electron chi connectivity index (χ4n) is 1.35. The van der Waals surface area contributed by atoms with Crippen molar-refractivity contribution in [3.63, 3.8) is 0 Å². The zero-order valence-electron chi connectivity index (χ0n) is 9.99. The standard InChI is InChI=1S/C9H22O4SSi/c1-5-6-7-8-9(15(2,3)4)13-14(10,11)12/h9H,5-8H2,1-4H3,(H,10,11,12). The van der Waals surface area contributed by atoms with Crippen LogP contribution in [0.3, 0.4) is 0 Å². The normalized spacial score (nSPS) is 15.3. The summed E-state index contributed by atoms with van der Waals surface area (Å²) >= 11 is 0. The molecule has 4 nitrogen and oxygen atoms in total. The Morgan fingerprint density at radius 3 is 2.13 bits per heavy atom. The second-order valence-corrected chi connectivity index (χ2v) is 11.3. The van der Waals surface area contributed by atoms with Crippen molar-refractivity contribution in [2.24, 2.45) is 0 Å². The van der Waals surface area contributed by atoms with Crippen LogP contribution in [-0.4, -0.2) is 26.8 Å². The second-order valence-electron chi connectivity index (χ2n) is 4.87. The highest BCUT2D eigenvalue weighted by Crippen LogP contribution is 2.19. The summed E-state index contributed by atoms with van der Waals surface area (Å²) in [5.41, 5.74) is -0.320. The first-order valence-corrected chi connectivity index (χ1v) is 10.3. The molecule has 0 heterocycles. The molecular formula is C9H22O4SSi. The van der Waals surface area contributed by atoms with Crippen LogP contribution in [0, 0.1) is 0 Å². The lowest BCUT2D eigenvalue weighted by Gasteiger charge is -2.27. The van der Waals surface area contributed by atoms with E-state index in [-0.39, 0.29) is 5.73 Å². The zero-order chi connectivity index (χ0) is 12.1. The zero-order valence-corrected chi connectivity index (χ0v) is 11.8. The van der Waals surface area contributed by atoms with Crippen LogP contribution < -0.4 is 0 Å². The average molecular weight is 254 g/mol. The van der Waals surface area contributed by atoms with Gasteiger partial charge in [-0.05, 0) is 6.42 Å². The topological polar surface area (TPSA) is 63.6 Å². The molecule has 0 aromatic carbocycles. The summed E-state index contributed by atoms with van der Waals surface area (Å²) in [7, 11) is -6.02. The van der Waals surface area contributed by atoms with Crippen LogP contribution in [0.4, 0.5) is 0 Å². The van der Waals surface area contributed by atoms with Gasteiger partial charge in [0.05, 0.1) is 13.8 Å². The maximum absolute atomic E-state index is 10.7. The Kier molecular flexibility index (Phi) is 6.01. The van der Waals surface area contributed by atoms with Gasteiger partial charge in [-0.25, -0.2) is 4.18 Å². The molecule has 0 aromatic rings. The lowest BCUT2D eigenvalue weighted by Crippen LogP contribution is -2.41. The molecule has 1 N–H and O–H groups in total. The highest BCUT2D eigenvalue weighted by molar-refractivity contribution is 7.81. The third-order valence-electron chi connectivity index (χ3n) is 2.27. The predicted octanol–water partition coefficient (Wildman–Crippen LogP) is 2.63. The molecule has 0 radical (unpaired) electrons.